The molecule has 1 saturated carbocycles. The van der Waals surface area contributed by atoms with Crippen LogP contribution in [0.15, 0.2) is 30.3 Å². The van der Waals surface area contributed by atoms with E-state index in [0.29, 0.717) is 11.5 Å². The van der Waals surface area contributed by atoms with E-state index in [-0.39, 0.29) is 11.9 Å². The van der Waals surface area contributed by atoms with Crippen LogP contribution in [0.25, 0.3) is 0 Å². The van der Waals surface area contributed by atoms with Crippen LogP contribution >= 0.6 is 0 Å². The van der Waals surface area contributed by atoms with Crippen LogP contribution in [0, 0.1) is 5.92 Å². The normalized spacial score (nSPS) is 28.9. The van der Waals surface area contributed by atoms with Gasteiger partial charge < -0.3 is 9.84 Å². The lowest BCUT2D eigenvalue weighted by Gasteiger charge is -2.25. The van der Waals surface area contributed by atoms with E-state index >= 15 is 0 Å². The fraction of sp³-hybridized carbons (Fsp3) is 0.562. The highest BCUT2D eigenvalue weighted by Gasteiger charge is 2.51. The lowest BCUT2D eigenvalue weighted by molar-refractivity contribution is 0.0585. The molecule has 0 spiro atoms. The Kier molecular flexibility index (Phi) is 3.67. The Morgan fingerprint density at radius 2 is 1.84 bits per heavy atom. The summed E-state index contributed by atoms with van der Waals surface area (Å²) in [5.41, 5.74) is 0.672. The van der Waals surface area contributed by atoms with Crippen LogP contribution in [0.4, 0.5) is 0 Å². The van der Waals surface area contributed by atoms with Gasteiger partial charge in [0.2, 0.25) is 0 Å². The van der Waals surface area contributed by atoms with Gasteiger partial charge in [-0.05, 0) is 18.8 Å². The molecule has 0 aromatic heterocycles. The van der Waals surface area contributed by atoms with Gasteiger partial charge in [-0.15, -0.1) is 0 Å². The molecule has 1 aliphatic heterocycles. The number of hydrogen-bond donors (Lipinski definition) is 1. The van der Waals surface area contributed by atoms with Crippen molar-refractivity contribution in [2.24, 2.45) is 5.92 Å². The van der Waals surface area contributed by atoms with Gasteiger partial charge in [-0.25, -0.2) is 0 Å². The van der Waals surface area contributed by atoms with E-state index < -0.39 is 12.2 Å². The van der Waals surface area contributed by atoms with Crippen LogP contribution in [-0.4, -0.2) is 29.2 Å². The quantitative estimate of drug-likeness (QED) is 0.668. The van der Waals surface area contributed by atoms with E-state index in [9.17, 15) is 9.90 Å². The third-order valence-electron chi connectivity index (χ3n) is 4.31. The molecule has 1 N–H and O–H groups in total. The van der Waals surface area contributed by atoms with Gasteiger partial charge in [0.15, 0.2) is 5.78 Å². The van der Waals surface area contributed by atoms with Crippen LogP contribution in [0.3, 0.4) is 0 Å². The molecule has 3 heteroatoms. The number of carbonyl (C=O) groups excluding carboxylic acids is 1. The number of ether oxygens (including phenoxy) is 1. The molecular weight excluding hydrogens is 240 g/mol. The summed E-state index contributed by atoms with van der Waals surface area (Å²) < 4.78 is 5.45. The first-order valence-electron chi connectivity index (χ1n) is 7.20. The maximum Gasteiger partial charge on any atom is 0.194 e. The Bertz CT molecular complexity index is 437. The number of ketones is 1. The van der Waals surface area contributed by atoms with Gasteiger partial charge in [0.05, 0.1) is 6.10 Å². The summed E-state index contributed by atoms with van der Waals surface area (Å²) in [6, 6.07) is 9.19. The number of rotatable bonds is 4. The fourth-order valence-electron chi connectivity index (χ4n) is 3.11. The highest BCUT2D eigenvalue weighted by molar-refractivity contribution is 6.01. The van der Waals surface area contributed by atoms with Crippen LogP contribution in [0.2, 0.25) is 0 Å². The van der Waals surface area contributed by atoms with E-state index in [1.807, 2.05) is 18.2 Å². The topological polar surface area (TPSA) is 49.8 Å². The van der Waals surface area contributed by atoms with Gasteiger partial charge in [-0.2, -0.15) is 0 Å². The summed E-state index contributed by atoms with van der Waals surface area (Å²) in [7, 11) is 0. The van der Waals surface area contributed by atoms with Crippen LogP contribution in [0.5, 0.6) is 0 Å². The zero-order valence-electron chi connectivity index (χ0n) is 11.0. The zero-order chi connectivity index (χ0) is 13.2. The van der Waals surface area contributed by atoms with Crippen molar-refractivity contribution in [3.05, 3.63) is 35.9 Å². The van der Waals surface area contributed by atoms with Crippen LogP contribution in [0.1, 0.15) is 42.5 Å². The average molecular weight is 260 g/mol. The summed E-state index contributed by atoms with van der Waals surface area (Å²) in [4.78, 5) is 12.2. The van der Waals surface area contributed by atoms with Crippen molar-refractivity contribution in [3.63, 3.8) is 0 Å². The second-order valence-electron chi connectivity index (χ2n) is 5.64. The van der Waals surface area contributed by atoms with Crippen molar-refractivity contribution in [1.82, 2.24) is 0 Å². The molecular formula is C16H20O3. The van der Waals surface area contributed by atoms with Crippen molar-refractivity contribution in [3.8, 4) is 0 Å². The van der Waals surface area contributed by atoms with Crippen molar-refractivity contribution in [1.29, 1.82) is 0 Å². The van der Waals surface area contributed by atoms with Crippen molar-refractivity contribution >= 4 is 5.78 Å². The standard InChI is InChI=1S/C16H20O3/c17-13(11-7-3-1-4-8-11)15-16(19-15)14(18)12-9-5-2-6-10-12/h1,3-4,7-8,12,14-16,18H,2,5-6,9-10H2/t14-,15+,16+/m1/s1. The number of Topliss-reactive ketones (excluding diaryl/α,β-unsaturated/α-hetero) is 1. The van der Waals surface area contributed by atoms with E-state index in [0.717, 1.165) is 12.8 Å². The Morgan fingerprint density at radius 1 is 1.16 bits per heavy atom. The van der Waals surface area contributed by atoms with Crippen LogP contribution < -0.4 is 0 Å². The first-order chi connectivity index (χ1) is 9.27. The number of epoxide rings is 1. The van der Waals surface area contributed by atoms with Gasteiger partial charge in [0.1, 0.15) is 12.2 Å². The fourth-order valence-corrected chi connectivity index (χ4v) is 3.11. The molecule has 0 amide bonds. The predicted molar refractivity (Wildman–Crippen MR) is 72.0 cm³/mol. The van der Waals surface area contributed by atoms with Crippen LogP contribution in [-0.2, 0) is 4.74 Å². The van der Waals surface area contributed by atoms with E-state index in [1.54, 1.807) is 12.1 Å². The average Bonchev–Trinajstić information content (AvgIpc) is 3.28. The van der Waals surface area contributed by atoms with Crippen molar-refractivity contribution in [2.75, 3.05) is 0 Å². The molecule has 0 bridgehead atoms. The molecule has 2 aliphatic rings. The summed E-state index contributed by atoms with van der Waals surface area (Å²) in [6.07, 6.45) is 4.58. The summed E-state index contributed by atoms with van der Waals surface area (Å²) >= 11 is 0. The Labute approximate surface area is 113 Å². The number of carbonyl (C=O) groups is 1. The van der Waals surface area contributed by atoms with Gasteiger partial charge >= 0.3 is 0 Å². The third kappa shape index (κ3) is 2.72. The maximum absolute atomic E-state index is 12.2. The molecule has 0 radical (unpaired) electrons. The lowest BCUT2D eigenvalue weighted by atomic mass is 9.83. The monoisotopic (exact) mass is 260 g/mol. The Morgan fingerprint density at radius 3 is 2.53 bits per heavy atom. The minimum atomic E-state index is -0.474. The van der Waals surface area contributed by atoms with Gasteiger partial charge in [0, 0.05) is 5.56 Å². The first kappa shape index (κ1) is 12.8. The van der Waals surface area contributed by atoms with Gasteiger partial charge in [0.25, 0.3) is 0 Å². The Balaban J connectivity index is 1.59. The van der Waals surface area contributed by atoms with Crippen molar-refractivity contribution in [2.45, 2.75) is 50.4 Å². The molecule has 1 heterocycles. The Hall–Kier alpha value is -1.19. The molecule has 1 aliphatic carbocycles. The highest BCUT2D eigenvalue weighted by Crippen LogP contribution is 2.36. The summed E-state index contributed by atoms with van der Waals surface area (Å²) in [5, 5.41) is 10.3. The second-order valence-corrected chi connectivity index (χ2v) is 5.64. The molecule has 3 atom stereocenters. The maximum atomic E-state index is 12.2. The van der Waals surface area contributed by atoms with E-state index in [1.165, 1.54) is 19.3 Å². The SMILES string of the molecule is O=C(c1ccccc1)[C@@H]1O[C@H]1[C@H](O)C1CCCCC1. The molecule has 1 aromatic rings. The summed E-state index contributed by atoms with van der Waals surface area (Å²) in [6.45, 7) is 0. The number of benzene rings is 1. The molecule has 1 aromatic carbocycles. The molecule has 2 fully saturated rings. The molecule has 1 saturated heterocycles. The van der Waals surface area contributed by atoms with Crippen molar-refractivity contribution < 1.29 is 14.6 Å². The minimum Gasteiger partial charge on any atom is -0.390 e. The smallest absolute Gasteiger partial charge is 0.194 e. The lowest BCUT2D eigenvalue weighted by Crippen LogP contribution is -2.30. The molecule has 3 nitrogen and oxygen atoms in total. The third-order valence-corrected chi connectivity index (χ3v) is 4.31. The zero-order valence-corrected chi connectivity index (χ0v) is 11.0. The van der Waals surface area contributed by atoms with Gasteiger partial charge in [-0.1, -0.05) is 49.6 Å². The molecule has 102 valence electrons. The largest absolute Gasteiger partial charge is 0.390 e. The van der Waals surface area contributed by atoms with Gasteiger partial charge in [-0.3, -0.25) is 4.79 Å². The molecule has 3 rings (SSSR count). The molecule has 0 unspecified atom stereocenters. The first-order valence-corrected chi connectivity index (χ1v) is 7.20. The highest BCUT2D eigenvalue weighted by atomic mass is 16.6. The number of aliphatic hydroxyl groups is 1. The minimum absolute atomic E-state index is 0.000425. The number of hydrogen-bond acceptors (Lipinski definition) is 3. The number of aliphatic hydroxyl groups excluding tert-OH is 1. The second kappa shape index (κ2) is 5.43. The predicted octanol–water partition coefficient (Wildman–Crippen LogP) is 2.58. The summed E-state index contributed by atoms with van der Waals surface area (Å²) in [5.74, 6) is 0.313. The molecule has 19 heavy (non-hydrogen) atoms. The van der Waals surface area contributed by atoms with E-state index in [4.69, 9.17) is 4.74 Å². The van der Waals surface area contributed by atoms with E-state index in [2.05, 4.69) is 0 Å².